The van der Waals surface area contributed by atoms with E-state index in [0.717, 1.165) is 49.7 Å². The first-order valence-corrected chi connectivity index (χ1v) is 10.3. The first kappa shape index (κ1) is 23.1. The van der Waals surface area contributed by atoms with Gasteiger partial charge in [0.15, 0.2) is 0 Å². The van der Waals surface area contributed by atoms with Crippen molar-refractivity contribution in [2.24, 2.45) is 0 Å². The van der Waals surface area contributed by atoms with Crippen molar-refractivity contribution in [3.05, 3.63) is 70.2 Å². The molecule has 1 aliphatic heterocycles. The Hall–Kier alpha value is -2.58. The molecule has 0 radical (unpaired) electrons. The zero-order valence-corrected chi connectivity index (χ0v) is 17.5. The van der Waals surface area contributed by atoms with Gasteiger partial charge in [-0.2, -0.15) is 13.2 Å². The van der Waals surface area contributed by atoms with Crippen molar-refractivity contribution in [1.29, 1.82) is 0 Å². The van der Waals surface area contributed by atoms with Crippen LogP contribution in [-0.4, -0.2) is 42.4 Å². The van der Waals surface area contributed by atoms with Crippen molar-refractivity contribution in [1.82, 2.24) is 15.5 Å². The van der Waals surface area contributed by atoms with E-state index >= 15 is 0 Å². The van der Waals surface area contributed by atoms with Gasteiger partial charge in [-0.15, -0.1) is 0 Å². The standard InChI is InChI=1S/C22H23ClF3N3O2/c23-18-8-6-15(7-9-18)14-29-10-2-5-19(29)12-27-20(30)13-28-21(31)16-3-1-4-17(11-16)22(24,25)26/h1,3-4,6-9,11,19H,2,5,10,12-14H2,(H,27,30)(H,28,31)/t19-/m1/s1. The number of nitrogens with one attached hydrogen (secondary N) is 2. The van der Waals surface area contributed by atoms with Gasteiger partial charge in [0, 0.05) is 29.7 Å². The third-order valence-electron chi connectivity index (χ3n) is 5.19. The summed E-state index contributed by atoms with van der Waals surface area (Å²) in [4.78, 5) is 26.5. The summed E-state index contributed by atoms with van der Waals surface area (Å²) in [5.74, 6) is -1.12. The van der Waals surface area contributed by atoms with E-state index < -0.39 is 23.6 Å². The summed E-state index contributed by atoms with van der Waals surface area (Å²) in [5.41, 5.74) is 0.0788. The molecule has 0 unspecified atom stereocenters. The highest BCUT2D eigenvalue weighted by molar-refractivity contribution is 6.30. The van der Waals surface area contributed by atoms with E-state index in [1.807, 2.05) is 24.3 Å². The van der Waals surface area contributed by atoms with Gasteiger partial charge in [0.05, 0.1) is 12.1 Å². The van der Waals surface area contributed by atoms with Crippen LogP contribution in [0.1, 0.15) is 34.3 Å². The lowest BCUT2D eigenvalue weighted by Crippen LogP contribution is -2.43. The first-order chi connectivity index (χ1) is 14.7. The summed E-state index contributed by atoms with van der Waals surface area (Å²) in [6.45, 7) is 1.81. The summed E-state index contributed by atoms with van der Waals surface area (Å²) in [6, 6.07) is 11.9. The molecule has 0 aliphatic carbocycles. The van der Waals surface area contributed by atoms with Crippen LogP contribution in [0.15, 0.2) is 48.5 Å². The van der Waals surface area contributed by atoms with Crippen LogP contribution in [0.2, 0.25) is 5.02 Å². The fourth-order valence-electron chi connectivity index (χ4n) is 3.55. The van der Waals surface area contributed by atoms with Crippen LogP contribution in [0, 0.1) is 0 Å². The molecule has 2 amide bonds. The Morgan fingerprint density at radius 2 is 1.84 bits per heavy atom. The molecule has 9 heteroatoms. The number of halogens is 4. The maximum Gasteiger partial charge on any atom is 0.416 e. The molecule has 2 N–H and O–H groups in total. The third kappa shape index (κ3) is 6.70. The van der Waals surface area contributed by atoms with Crippen LogP contribution in [0.4, 0.5) is 13.2 Å². The number of alkyl halides is 3. The lowest BCUT2D eigenvalue weighted by molar-refractivity contribution is -0.137. The predicted molar refractivity (Wildman–Crippen MR) is 112 cm³/mol. The number of hydrogen-bond acceptors (Lipinski definition) is 3. The smallest absolute Gasteiger partial charge is 0.353 e. The highest BCUT2D eigenvalue weighted by Gasteiger charge is 2.31. The summed E-state index contributed by atoms with van der Waals surface area (Å²) < 4.78 is 38.3. The number of benzene rings is 2. The molecule has 1 saturated heterocycles. The Kier molecular flexibility index (Phi) is 7.56. The fraction of sp³-hybridized carbons (Fsp3) is 0.364. The molecule has 2 aromatic carbocycles. The number of carbonyl (C=O) groups is 2. The molecule has 166 valence electrons. The first-order valence-electron chi connectivity index (χ1n) is 9.93. The second-order valence-electron chi connectivity index (χ2n) is 7.46. The molecule has 1 atom stereocenters. The molecule has 2 aromatic rings. The Bertz CT molecular complexity index is 919. The van der Waals surface area contributed by atoms with E-state index in [4.69, 9.17) is 11.6 Å². The van der Waals surface area contributed by atoms with Crippen molar-refractivity contribution in [2.75, 3.05) is 19.6 Å². The average molecular weight is 454 g/mol. The fourth-order valence-corrected chi connectivity index (χ4v) is 3.68. The number of hydrogen-bond donors (Lipinski definition) is 2. The summed E-state index contributed by atoms with van der Waals surface area (Å²) >= 11 is 5.92. The lowest BCUT2D eigenvalue weighted by atomic mass is 10.1. The maximum absolute atomic E-state index is 12.8. The van der Waals surface area contributed by atoms with Gasteiger partial charge in [0.1, 0.15) is 0 Å². The highest BCUT2D eigenvalue weighted by atomic mass is 35.5. The second-order valence-corrected chi connectivity index (χ2v) is 7.89. The van der Waals surface area contributed by atoms with Crippen molar-refractivity contribution >= 4 is 23.4 Å². The van der Waals surface area contributed by atoms with Gasteiger partial charge in [-0.25, -0.2) is 0 Å². The van der Waals surface area contributed by atoms with E-state index in [2.05, 4.69) is 15.5 Å². The zero-order chi connectivity index (χ0) is 22.4. The predicted octanol–water partition coefficient (Wildman–Crippen LogP) is 3.87. The number of carbonyl (C=O) groups excluding carboxylic acids is 2. The van der Waals surface area contributed by atoms with Gasteiger partial charge in [0.25, 0.3) is 5.91 Å². The third-order valence-corrected chi connectivity index (χ3v) is 5.45. The van der Waals surface area contributed by atoms with Gasteiger partial charge >= 0.3 is 6.18 Å². The van der Waals surface area contributed by atoms with E-state index in [-0.39, 0.29) is 18.2 Å². The maximum atomic E-state index is 12.8. The van der Waals surface area contributed by atoms with Crippen LogP contribution in [0.3, 0.4) is 0 Å². The van der Waals surface area contributed by atoms with Crippen molar-refractivity contribution in [3.8, 4) is 0 Å². The van der Waals surface area contributed by atoms with E-state index in [1.165, 1.54) is 6.07 Å². The molecular weight excluding hydrogens is 431 g/mol. The summed E-state index contributed by atoms with van der Waals surface area (Å²) in [5, 5.41) is 5.84. The largest absolute Gasteiger partial charge is 0.416 e. The van der Waals surface area contributed by atoms with Gasteiger partial charge in [-0.3, -0.25) is 14.5 Å². The molecular formula is C22H23ClF3N3O2. The van der Waals surface area contributed by atoms with Crippen LogP contribution in [-0.2, 0) is 17.5 Å². The second kappa shape index (κ2) is 10.2. The van der Waals surface area contributed by atoms with Gasteiger partial charge in [-0.05, 0) is 55.3 Å². The van der Waals surface area contributed by atoms with Crippen molar-refractivity contribution < 1.29 is 22.8 Å². The molecule has 0 aromatic heterocycles. The molecule has 0 saturated carbocycles. The quantitative estimate of drug-likeness (QED) is 0.669. The van der Waals surface area contributed by atoms with Crippen molar-refractivity contribution in [2.45, 2.75) is 31.6 Å². The Morgan fingerprint density at radius 1 is 1.10 bits per heavy atom. The summed E-state index contributed by atoms with van der Waals surface area (Å²) in [6.07, 6.45) is -2.56. The van der Waals surface area contributed by atoms with Crippen LogP contribution < -0.4 is 10.6 Å². The Labute approximate surface area is 183 Å². The Morgan fingerprint density at radius 3 is 2.55 bits per heavy atom. The zero-order valence-electron chi connectivity index (χ0n) is 16.7. The number of rotatable bonds is 7. The molecule has 0 bridgehead atoms. The van der Waals surface area contributed by atoms with E-state index in [0.29, 0.717) is 11.6 Å². The molecule has 1 fully saturated rings. The van der Waals surface area contributed by atoms with Gasteiger partial charge in [0.2, 0.25) is 5.91 Å². The average Bonchev–Trinajstić information content (AvgIpc) is 3.18. The van der Waals surface area contributed by atoms with Crippen LogP contribution in [0.5, 0.6) is 0 Å². The minimum absolute atomic E-state index is 0.146. The number of amides is 2. The monoisotopic (exact) mass is 453 g/mol. The minimum atomic E-state index is -4.53. The van der Waals surface area contributed by atoms with Gasteiger partial charge < -0.3 is 10.6 Å². The minimum Gasteiger partial charge on any atom is -0.353 e. The lowest BCUT2D eigenvalue weighted by Gasteiger charge is -2.25. The number of likely N-dealkylation sites (tertiary alicyclic amines) is 1. The SMILES string of the molecule is O=C(CNC(=O)c1cccc(C(F)(F)F)c1)NC[C@H]1CCCN1Cc1ccc(Cl)cc1. The topological polar surface area (TPSA) is 61.4 Å². The van der Waals surface area contributed by atoms with E-state index in [1.54, 1.807) is 0 Å². The van der Waals surface area contributed by atoms with Gasteiger partial charge in [-0.1, -0.05) is 29.8 Å². The van der Waals surface area contributed by atoms with Crippen LogP contribution >= 0.6 is 11.6 Å². The van der Waals surface area contributed by atoms with E-state index in [9.17, 15) is 22.8 Å². The molecule has 31 heavy (non-hydrogen) atoms. The highest BCUT2D eigenvalue weighted by Crippen LogP contribution is 2.29. The van der Waals surface area contributed by atoms with Crippen molar-refractivity contribution in [3.63, 3.8) is 0 Å². The normalized spacial score (nSPS) is 16.8. The molecule has 1 heterocycles. The summed E-state index contributed by atoms with van der Waals surface area (Å²) in [7, 11) is 0. The number of nitrogens with zero attached hydrogens (tertiary/aromatic N) is 1. The Balaban J connectivity index is 1.45. The van der Waals surface area contributed by atoms with Crippen LogP contribution in [0.25, 0.3) is 0 Å². The molecule has 1 aliphatic rings. The molecule has 0 spiro atoms. The molecule has 5 nitrogen and oxygen atoms in total. The molecule has 3 rings (SSSR count).